The minimum absolute atomic E-state index is 0.0322. The van der Waals surface area contributed by atoms with Gasteiger partial charge in [0, 0.05) is 38.1 Å². The number of morpholine rings is 1. The Hall–Kier alpha value is -2.75. The highest BCUT2D eigenvalue weighted by atomic mass is 19.4. The van der Waals surface area contributed by atoms with Gasteiger partial charge in [0.15, 0.2) is 0 Å². The fourth-order valence-corrected chi connectivity index (χ4v) is 2.76. The molecule has 2 heterocycles. The highest BCUT2D eigenvalue weighted by Crippen LogP contribution is 2.35. The molecule has 2 N–H and O–H groups in total. The molecule has 0 saturated carbocycles. The Morgan fingerprint density at radius 1 is 1.22 bits per heavy atom. The van der Waals surface area contributed by atoms with Gasteiger partial charge in [0.25, 0.3) is 0 Å². The van der Waals surface area contributed by atoms with Crippen molar-refractivity contribution >= 4 is 23.1 Å². The second-order valence-corrected chi connectivity index (χ2v) is 5.81. The number of hydrogen-bond donors (Lipinski definition) is 2. The number of ether oxygens (including phenoxy) is 2. The van der Waals surface area contributed by atoms with Gasteiger partial charge in [0.2, 0.25) is 5.95 Å². The number of rotatable bonds is 5. The summed E-state index contributed by atoms with van der Waals surface area (Å²) in [5.41, 5.74) is 0.603. The third kappa shape index (κ3) is 4.33. The van der Waals surface area contributed by atoms with E-state index in [1.54, 1.807) is 6.07 Å². The predicted octanol–water partition coefficient (Wildman–Crippen LogP) is 3.13. The van der Waals surface area contributed by atoms with Gasteiger partial charge in [-0.15, -0.1) is 0 Å². The molecule has 0 atom stereocenters. The first-order valence-electron chi connectivity index (χ1n) is 8.32. The number of anilines is 4. The Morgan fingerprint density at radius 2 is 1.96 bits per heavy atom. The van der Waals surface area contributed by atoms with Crippen molar-refractivity contribution in [2.24, 2.45) is 0 Å². The maximum atomic E-state index is 13.0. The van der Waals surface area contributed by atoms with E-state index < -0.39 is 11.7 Å². The van der Waals surface area contributed by atoms with Crippen LogP contribution in [0.1, 0.15) is 5.56 Å². The van der Waals surface area contributed by atoms with Gasteiger partial charge >= 0.3 is 6.18 Å². The van der Waals surface area contributed by atoms with Crippen LogP contribution in [-0.2, 0) is 10.9 Å². The normalized spacial score (nSPS) is 14.8. The summed E-state index contributed by atoms with van der Waals surface area (Å²) in [5, 5.41) is 5.36. The Labute approximate surface area is 154 Å². The topological polar surface area (TPSA) is 71.5 Å². The van der Waals surface area contributed by atoms with Crippen molar-refractivity contribution in [1.82, 2.24) is 9.97 Å². The van der Waals surface area contributed by atoms with Crippen LogP contribution in [0, 0.1) is 0 Å². The lowest BCUT2D eigenvalue weighted by atomic mass is 10.2. The van der Waals surface area contributed by atoms with E-state index in [-0.39, 0.29) is 11.8 Å². The fourth-order valence-electron chi connectivity index (χ4n) is 2.76. The summed E-state index contributed by atoms with van der Waals surface area (Å²) >= 11 is 0. The first-order valence-corrected chi connectivity index (χ1v) is 8.32. The van der Waals surface area contributed by atoms with Gasteiger partial charge in [-0.25, -0.2) is 4.98 Å². The molecule has 27 heavy (non-hydrogen) atoms. The third-order valence-electron chi connectivity index (χ3n) is 4.14. The Kier molecular flexibility index (Phi) is 5.54. The molecule has 1 aromatic carbocycles. The lowest BCUT2D eigenvalue weighted by Crippen LogP contribution is -2.36. The summed E-state index contributed by atoms with van der Waals surface area (Å²) in [6, 6.07) is 5.54. The number of benzene rings is 1. The average Bonchev–Trinajstić information content (AvgIpc) is 2.68. The van der Waals surface area contributed by atoms with Gasteiger partial charge in [0.05, 0.1) is 26.0 Å². The molecular weight excluding hydrogens is 363 g/mol. The number of aromatic nitrogens is 2. The third-order valence-corrected chi connectivity index (χ3v) is 4.14. The van der Waals surface area contributed by atoms with Crippen LogP contribution in [0.5, 0.6) is 5.75 Å². The van der Waals surface area contributed by atoms with Crippen molar-refractivity contribution in [1.29, 1.82) is 0 Å². The van der Waals surface area contributed by atoms with Crippen LogP contribution in [0.25, 0.3) is 0 Å². The molecule has 0 unspecified atom stereocenters. The number of hydrogen-bond acceptors (Lipinski definition) is 7. The van der Waals surface area contributed by atoms with Crippen LogP contribution in [-0.4, -0.2) is 50.4 Å². The van der Waals surface area contributed by atoms with Crippen molar-refractivity contribution in [3.63, 3.8) is 0 Å². The molecule has 10 heteroatoms. The lowest BCUT2D eigenvalue weighted by molar-refractivity contribution is -0.137. The minimum Gasteiger partial charge on any atom is -0.494 e. The van der Waals surface area contributed by atoms with E-state index in [0.29, 0.717) is 24.7 Å². The molecule has 1 aliphatic heterocycles. The van der Waals surface area contributed by atoms with Crippen molar-refractivity contribution in [2.45, 2.75) is 6.18 Å². The molecule has 1 aromatic heterocycles. The predicted molar refractivity (Wildman–Crippen MR) is 95.9 cm³/mol. The molecule has 1 saturated heterocycles. The van der Waals surface area contributed by atoms with Gasteiger partial charge in [0.1, 0.15) is 17.1 Å². The molecule has 0 spiro atoms. The highest BCUT2D eigenvalue weighted by Gasteiger charge is 2.35. The van der Waals surface area contributed by atoms with Gasteiger partial charge in [-0.3, -0.25) is 0 Å². The smallest absolute Gasteiger partial charge is 0.421 e. The van der Waals surface area contributed by atoms with Crippen molar-refractivity contribution in [3.05, 3.63) is 30.0 Å². The second kappa shape index (κ2) is 7.87. The van der Waals surface area contributed by atoms with Crippen LogP contribution in [0.2, 0.25) is 0 Å². The zero-order valence-electron chi connectivity index (χ0n) is 14.9. The maximum absolute atomic E-state index is 13.0. The minimum atomic E-state index is -4.53. The quantitative estimate of drug-likeness (QED) is 0.822. The van der Waals surface area contributed by atoms with Crippen LogP contribution >= 0.6 is 0 Å². The molecule has 1 fully saturated rings. The number of nitrogens with one attached hydrogen (secondary N) is 2. The number of methoxy groups -OCH3 is 1. The standard InChI is InChI=1S/C17H20F3N5O2/c1-21-15-12(17(18,19)20)10-22-16(24-15)23-13-4-3-11(9-14(13)26-2)25-5-7-27-8-6-25/h3-4,9-10H,5-8H2,1-2H3,(H2,21,22,23,24). The molecule has 0 aliphatic carbocycles. The van der Waals surface area contributed by atoms with Crippen LogP contribution in [0.15, 0.2) is 24.4 Å². The van der Waals surface area contributed by atoms with Crippen LogP contribution < -0.4 is 20.3 Å². The van der Waals surface area contributed by atoms with E-state index in [0.717, 1.165) is 25.0 Å². The fraction of sp³-hybridized carbons (Fsp3) is 0.412. The van der Waals surface area contributed by atoms with E-state index >= 15 is 0 Å². The van der Waals surface area contributed by atoms with Gasteiger partial charge in [-0.1, -0.05) is 0 Å². The van der Waals surface area contributed by atoms with Crippen LogP contribution in [0.3, 0.4) is 0 Å². The summed E-state index contributed by atoms with van der Waals surface area (Å²) < 4.78 is 49.6. The molecule has 0 radical (unpaired) electrons. The monoisotopic (exact) mass is 383 g/mol. The van der Waals surface area contributed by atoms with E-state index in [1.165, 1.54) is 14.2 Å². The largest absolute Gasteiger partial charge is 0.494 e. The zero-order valence-corrected chi connectivity index (χ0v) is 14.9. The molecular formula is C17H20F3N5O2. The number of alkyl halides is 3. The molecule has 2 aromatic rings. The second-order valence-electron chi connectivity index (χ2n) is 5.81. The van der Waals surface area contributed by atoms with E-state index in [4.69, 9.17) is 9.47 Å². The SMILES string of the molecule is CNc1nc(Nc2ccc(N3CCOCC3)cc2OC)ncc1C(F)(F)F. The maximum Gasteiger partial charge on any atom is 0.421 e. The molecule has 0 bridgehead atoms. The summed E-state index contributed by atoms with van der Waals surface area (Å²) in [4.78, 5) is 9.85. The number of nitrogens with zero attached hydrogens (tertiary/aromatic N) is 3. The van der Waals surface area contributed by atoms with Crippen molar-refractivity contribution in [3.8, 4) is 5.75 Å². The van der Waals surface area contributed by atoms with Crippen molar-refractivity contribution in [2.75, 3.05) is 56.0 Å². The molecule has 7 nitrogen and oxygen atoms in total. The Balaban J connectivity index is 1.84. The summed E-state index contributed by atoms with van der Waals surface area (Å²) in [7, 11) is 2.90. The average molecular weight is 383 g/mol. The zero-order chi connectivity index (χ0) is 19.4. The Morgan fingerprint density at radius 3 is 2.59 bits per heavy atom. The first-order chi connectivity index (χ1) is 12.9. The van der Waals surface area contributed by atoms with E-state index in [9.17, 15) is 13.2 Å². The molecule has 3 rings (SSSR count). The summed E-state index contributed by atoms with van der Waals surface area (Å²) in [6.45, 7) is 2.88. The van der Waals surface area contributed by atoms with Crippen molar-refractivity contribution < 1.29 is 22.6 Å². The van der Waals surface area contributed by atoms with E-state index in [1.807, 2.05) is 12.1 Å². The molecule has 146 valence electrons. The highest BCUT2D eigenvalue weighted by molar-refractivity contribution is 5.68. The van der Waals surface area contributed by atoms with Gasteiger partial charge in [-0.05, 0) is 12.1 Å². The van der Waals surface area contributed by atoms with Gasteiger partial charge in [-0.2, -0.15) is 18.2 Å². The first kappa shape index (κ1) is 19.0. The van der Waals surface area contributed by atoms with E-state index in [2.05, 4.69) is 25.5 Å². The summed E-state index contributed by atoms with van der Waals surface area (Å²) in [6.07, 6.45) is -3.79. The van der Waals surface area contributed by atoms with Gasteiger partial charge < -0.3 is 25.0 Å². The lowest BCUT2D eigenvalue weighted by Gasteiger charge is -2.29. The molecule has 1 aliphatic rings. The van der Waals surface area contributed by atoms with Crippen LogP contribution in [0.4, 0.5) is 36.3 Å². The summed E-state index contributed by atoms with van der Waals surface area (Å²) in [5.74, 6) is 0.266. The number of halogens is 3. The Bertz CT molecular complexity index is 795. The molecule has 0 amide bonds.